The SMILES string of the molecule is CN1CCCc2cc3c(cc21)[Si](C)(C)c1cc2c(cc1=C3c1cccc(I)c1)CCC[N+]=2C. The minimum absolute atomic E-state index is 1.16. The van der Waals surface area contributed by atoms with Gasteiger partial charge in [-0.2, -0.15) is 0 Å². The van der Waals surface area contributed by atoms with Gasteiger partial charge in [0.1, 0.15) is 21.7 Å². The number of halogens is 1. The third kappa shape index (κ3) is 3.35. The number of benzene rings is 3. The fourth-order valence-electron chi connectivity index (χ4n) is 6.32. The molecular formula is C29H32IN2Si+. The fraction of sp³-hybridized carbons (Fsp3) is 0.345. The molecule has 0 aliphatic carbocycles. The minimum atomic E-state index is -1.87. The highest BCUT2D eigenvalue weighted by Gasteiger charge is 2.37. The third-order valence-electron chi connectivity index (χ3n) is 8.14. The Labute approximate surface area is 211 Å². The molecule has 33 heavy (non-hydrogen) atoms. The lowest BCUT2D eigenvalue weighted by atomic mass is 9.90. The van der Waals surface area contributed by atoms with Crippen LogP contribution in [0.3, 0.4) is 0 Å². The fourth-order valence-corrected chi connectivity index (χ4v) is 9.89. The average Bonchev–Trinajstić information content (AvgIpc) is 2.78. The lowest BCUT2D eigenvalue weighted by Crippen LogP contribution is -2.64. The van der Waals surface area contributed by atoms with Gasteiger partial charge in [-0.25, -0.2) is 4.58 Å². The van der Waals surface area contributed by atoms with Crippen molar-refractivity contribution >= 4 is 52.3 Å². The van der Waals surface area contributed by atoms with E-state index >= 15 is 0 Å². The van der Waals surface area contributed by atoms with Crippen LogP contribution in [0.1, 0.15) is 35.1 Å². The molecule has 0 fully saturated rings. The van der Waals surface area contributed by atoms with Crippen molar-refractivity contribution in [2.24, 2.45) is 0 Å². The molecule has 2 nitrogen and oxygen atoms in total. The van der Waals surface area contributed by atoms with Crippen LogP contribution in [0.5, 0.6) is 0 Å². The van der Waals surface area contributed by atoms with Crippen molar-refractivity contribution in [3.05, 3.63) is 84.9 Å². The maximum atomic E-state index is 2.58. The van der Waals surface area contributed by atoms with E-state index < -0.39 is 8.07 Å². The summed E-state index contributed by atoms with van der Waals surface area (Å²) < 4.78 is 3.78. The first-order valence-electron chi connectivity index (χ1n) is 12.3. The molecule has 3 aromatic carbocycles. The van der Waals surface area contributed by atoms with Crippen LogP contribution < -0.4 is 30.4 Å². The molecule has 0 saturated heterocycles. The monoisotopic (exact) mass is 563 g/mol. The Morgan fingerprint density at radius 3 is 2.58 bits per heavy atom. The van der Waals surface area contributed by atoms with E-state index in [1.54, 1.807) is 10.4 Å². The Kier molecular flexibility index (Phi) is 5.11. The summed E-state index contributed by atoms with van der Waals surface area (Å²) in [4.78, 5) is 2.48. The molecule has 4 heteroatoms. The van der Waals surface area contributed by atoms with Crippen molar-refractivity contribution in [3.63, 3.8) is 0 Å². The van der Waals surface area contributed by atoms with Crippen LogP contribution >= 0.6 is 22.6 Å². The Hall–Kier alpha value is -1.92. The highest BCUT2D eigenvalue weighted by atomic mass is 127. The molecule has 0 radical (unpaired) electrons. The van der Waals surface area contributed by atoms with Gasteiger partial charge < -0.3 is 4.90 Å². The minimum Gasteiger partial charge on any atom is -0.374 e. The first-order valence-corrected chi connectivity index (χ1v) is 16.3. The zero-order chi connectivity index (χ0) is 22.9. The Bertz CT molecular complexity index is 1440. The number of fused-ring (bicyclic) bond motifs is 4. The van der Waals surface area contributed by atoms with E-state index in [9.17, 15) is 0 Å². The largest absolute Gasteiger partial charge is 0.374 e. The van der Waals surface area contributed by atoms with E-state index in [0.29, 0.717) is 0 Å². The molecule has 3 heterocycles. The number of hydrogen-bond acceptors (Lipinski definition) is 1. The second-order valence-corrected chi connectivity index (χ2v) is 16.2. The second-order valence-electron chi connectivity index (χ2n) is 10.6. The number of nitrogens with zero attached hydrogens (tertiary/aromatic N) is 2. The highest BCUT2D eigenvalue weighted by molar-refractivity contribution is 14.1. The van der Waals surface area contributed by atoms with Gasteiger partial charge in [-0.05, 0) is 110 Å². The molecule has 0 saturated carbocycles. The van der Waals surface area contributed by atoms with E-state index in [0.717, 1.165) is 13.1 Å². The number of anilines is 1. The highest BCUT2D eigenvalue weighted by Crippen LogP contribution is 2.33. The van der Waals surface area contributed by atoms with Gasteiger partial charge in [0, 0.05) is 40.9 Å². The van der Waals surface area contributed by atoms with Crippen LogP contribution in [-0.4, -0.2) is 35.3 Å². The number of hydrogen-bond donors (Lipinski definition) is 0. The molecule has 0 spiro atoms. The standard InChI is InChI=1S/C29H32IN2Si/c1-31-12-6-9-19-15-23-27(17-25(19)31)33(3,4)28-18-26-20(10-7-13-32(26)2)16-24(28)29(23)21-8-5-11-22(30)14-21/h5,8,11,14-18H,6-7,9-10,12-13H2,1-4H3/q+1. The van der Waals surface area contributed by atoms with Gasteiger partial charge in [0.2, 0.25) is 5.36 Å². The molecular weight excluding hydrogens is 531 g/mol. The first-order chi connectivity index (χ1) is 15.8. The lowest BCUT2D eigenvalue weighted by molar-refractivity contribution is 0.588. The molecule has 3 aliphatic rings. The van der Waals surface area contributed by atoms with Crippen LogP contribution in [0.2, 0.25) is 13.1 Å². The van der Waals surface area contributed by atoms with Crippen LogP contribution in [0.25, 0.3) is 5.57 Å². The quantitative estimate of drug-likeness (QED) is 0.251. The maximum absolute atomic E-state index is 2.58. The van der Waals surface area contributed by atoms with Gasteiger partial charge >= 0.3 is 0 Å². The lowest BCUT2D eigenvalue weighted by Gasteiger charge is -2.37. The van der Waals surface area contributed by atoms with Crippen molar-refractivity contribution in [2.45, 2.75) is 38.8 Å². The van der Waals surface area contributed by atoms with E-state index in [2.05, 4.69) is 108 Å². The summed E-state index contributed by atoms with van der Waals surface area (Å²) in [6.45, 7) is 7.47. The third-order valence-corrected chi connectivity index (χ3v) is 12.3. The summed E-state index contributed by atoms with van der Waals surface area (Å²) in [6, 6.07) is 19.4. The smallest absolute Gasteiger partial charge is 0.202 e. The second kappa shape index (κ2) is 7.81. The van der Waals surface area contributed by atoms with E-state index in [4.69, 9.17) is 0 Å². The molecule has 0 bridgehead atoms. The zero-order valence-electron chi connectivity index (χ0n) is 20.1. The van der Waals surface area contributed by atoms with Gasteiger partial charge in [-0.15, -0.1) is 0 Å². The number of aryl methyl sites for hydroxylation is 2. The molecule has 0 unspecified atom stereocenters. The van der Waals surface area contributed by atoms with Crippen molar-refractivity contribution in [1.29, 1.82) is 0 Å². The van der Waals surface area contributed by atoms with Gasteiger partial charge in [0.15, 0.2) is 0 Å². The van der Waals surface area contributed by atoms with Crippen molar-refractivity contribution in [3.8, 4) is 0 Å². The van der Waals surface area contributed by atoms with Crippen molar-refractivity contribution < 1.29 is 0 Å². The summed E-state index contributed by atoms with van der Waals surface area (Å²) in [5.74, 6) is 0. The molecule has 0 N–H and O–H groups in total. The van der Waals surface area contributed by atoms with Crippen LogP contribution in [0.4, 0.5) is 5.69 Å². The molecule has 3 aromatic rings. The summed E-state index contributed by atoms with van der Waals surface area (Å²) >= 11 is 2.46. The average molecular weight is 564 g/mol. The van der Waals surface area contributed by atoms with E-state index in [-0.39, 0.29) is 0 Å². The van der Waals surface area contributed by atoms with Gasteiger partial charge in [-0.1, -0.05) is 25.2 Å². The van der Waals surface area contributed by atoms with Crippen LogP contribution in [0, 0.1) is 3.57 Å². The molecule has 0 aromatic heterocycles. The van der Waals surface area contributed by atoms with Gasteiger partial charge in [-0.3, -0.25) is 0 Å². The summed E-state index contributed by atoms with van der Waals surface area (Å²) in [6.07, 6.45) is 4.88. The van der Waals surface area contributed by atoms with Crippen molar-refractivity contribution in [2.75, 3.05) is 32.1 Å². The number of rotatable bonds is 1. The Morgan fingerprint density at radius 1 is 0.939 bits per heavy atom. The molecule has 168 valence electrons. The zero-order valence-corrected chi connectivity index (χ0v) is 23.3. The summed E-state index contributed by atoms with van der Waals surface area (Å²) in [5, 5.41) is 6.17. The predicted octanol–water partition coefficient (Wildman–Crippen LogP) is 3.12. The van der Waals surface area contributed by atoms with Crippen LogP contribution in [0.15, 0.2) is 48.5 Å². The maximum Gasteiger partial charge on any atom is 0.202 e. The van der Waals surface area contributed by atoms with Crippen LogP contribution in [-0.2, 0) is 12.8 Å². The topological polar surface area (TPSA) is 6.25 Å². The summed E-state index contributed by atoms with van der Waals surface area (Å²) in [7, 11) is 2.66. The first kappa shape index (κ1) is 21.6. The summed E-state index contributed by atoms with van der Waals surface area (Å²) in [5.41, 5.74) is 8.83. The van der Waals surface area contributed by atoms with Crippen molar-refractivity contribution in [1.82, 2.24) is 4.58 Å². The Morgan fingerprint density at radius 2 is 1.76 bits per heavy atom. The van der Waals surface area contributed by atoms with E-state index in [1.165, 1.54) is 73.3 Å². The normalized spacial score (nSPS) is 18.4. The molecule has 6 rings (SSSR count). The molecule has 0 atom stereocenters. The Balaban J connectivity index is 1.78. The molecule has 3 aliphatic heterocycles. The molecule has 0 amide bonds. The van der Waals surface area contributed by atoms with Gasteiger partial charge in [0.05, 0.1) is 0 Å². The van der Waals surface area contributed by atoms with Gasteiger partial charge in [0.25, 0.3) is 0 Å². The van der Waals surface area contributed by atoms with E-state index in [1.807, 2.05) is 0 Å². The predicted molar refractivity (Wildman–Crippen MR) is 152 cm³/mol.